The zero-order valence-corrected chi connectivity index (χ0v) is 7.46. The van der Waals surface area contributed by atoms with Crippen LogP contribution in [0.15, 0.2) is 6.07 Å². The Morgan fingerprint density at radius 1 is 1.25 bits per heavy atom. The summed E-state index contributed by atoms with van der Waals surface area (Å²) in [6.07, 6.45) is 0. The third-order valence-corrected chi connectivity index (χ3v) is 2.15. The Morgan fingerprint density at radius 3 is 2.25 bits per heavy atom. The second-order valence-electron chi connectivity index (χ2n) is 3.36. The lowest BCUT2D eigenvalue weighted by molar-refractivity contribution is 0.428. The second kappa shape index (κ2) is 2.83. The Kier molecular flexibility index (Phi) is 1.81. The van der Waals surface area contributed by atoms with Crippen molar-refractivity contribution < 1.29 is 0 Å². The molecule has 3 nitrogen and oxygen atoms in total. The summed E-state index contributed by atoms with van der Waals surface area (Å²) in [5.74, 6) is 1.55. The van der Waals surface area contributed by atoms with E-state index in [1.807, 2.05) is 19.9 Å². The Labute approximate surface area is 72.2 Å². The molecule has 1 N–H and O–H groups in total. The minimum absolute atomic E-state index is 0.545. The molecular formula is C9H13N3. The molecule has 1 fully saturated rings. The molecule has 0 aromatic carbocycles. The standard InChI is InChI=1S/C9H13N3/c1-6-3-7(2)12-9(11-6)8-4-10-5-8/h3,8,10H,4-5H2,1-2H3. The Morgan fingerprint density at radius 2 is 1.83 bits per heavy atom. The van der Waals surface area contributed by atoms with Crippen LogP contribution in [0, 0.1) is 13.8 Å². The maximum absolute atomic E-state index is 4.40. The third kappa shape index (κ3) is 1.32. The van der Waals surface area contributed by atoms with Gasteiger partial charge >= 0.3 is 0 Å². The van der Waals surface area contributed by atoms with E-state index in [9.17, 15) is 0 Å². The number of hydrogen-bond acceptors (Lipinski definition) is 3. The zero-order valence-electron chi connectivity index (χ0n) is 7.46. The molecule has 1 aromatic heterocycles. The van der Waals surface area contributed by atoms with Gasteiger partial charge < -0.3 is 5.32 Å². The molecule has 1 aliphatic rings. The van der Waals surface area contributed by atoms with Gasteiger partial charge in [0, 0.05) is 30.4 Å². The van der Waals surface area contributed by atoms with Crippen LogP contribution in [0.2, 0.25) is 0 Å². The van der Waals surface area contributed by atoms with Crippen molar-refractivity contribution in [1.29, 1.82) is 0 Å². The highest BCUT2D eigenvalue weighted by Crippen LogP contribution is 2.15. The van der Waals surface area contributed by atoms with Crippen LogP contribution >= 0.6 is 0 Å². The molecule has 0 unspecified atom stereocenters. The maximum atomic E-state index is 4.40. The number of nitrogens with one attached hydrogen (secondary N) is 1. The first kappa shape index (κ1) is 7.68. The average molecular weight is 163 g/mol. The number of hydrogen-bond donors (Lipinski definition) is 1. The van der Waals surface area contributed by atoms with Crippen molar-refractivity contribution in [2.24, 2.45) is 0 Å². The van der Waals surface area contributed by atoms with Gasteiger partial charge in [0.2, 0.25) is 0 Å². The van der Waals surface area contributed by atoms with E-state index in [0.717, 1.165) is 30.3 Å². The van der Waals surface area contributed by atoms with Gasteiger partial charge in [-0.25, -0.2) is 9.97 Å². The summed E-state index contributed by atoms with van der Waals surface area (Å²) < 4.78 is 0. The van der Waals surface area contributed by atoms with Crippen molar-refractivity contribution in [1.82, 2.24) is 15.3 Å². The Hall–Kier alpha value is -0.960. The van der Waals surface area contributed by atoms with Crippen molar-refractivity contribution in [3.05, 3.63) is 23.3 Å². The van der Waals surface area contributed by atoms with Crippen LogP contribution in [0.5, 0.6) is 0 Å². The van der Waals surface area contributed by atoms with Crippen LogP contribution in [0.25, 0.3) is 0 Å². The Balaban J connectivity index is 2.30. The van der Waals surface area contributed by atoms with Crippen LogP contribution in [0.1, 0.15) is 23.1 Å². The van der Waals surface area contributed by atoms with E-state index < -0.39 is 0 Å². The fourth-order valence-corrected chi connectivity index (χ4v) is 1.41. The first-order chi connectivity index (χ1) is 5.75. The minimum Gasteiger partial charge on any atom is -0.315 e. The summed E-state index contributed by atoms with van der Waals surface area (Å²) in [7, 11) is 0. The SMILES string of the molecule is Cc1cc(C)nc(C2CNC2)n1. The molecule has 0 radical (unpaired) electrons. The molecule has 0 bridgehead atoms. The lowest BCUT2D eigenvalue weighted by Gasteiger charge is -2.25. The molecule has 12 heavy (non-hydrogen) atoms. The molecule has 0 saturated carbocycles. The lowest BCUT2D eigenvalue weighted by atomic mass is 10.0. The van der Waals surface area contributed by atoms with Crippen LogP contribution in [-0.2, 0) is 0 Å². The van der Waals surface area contributed by atoms with Gasteiger partial charge in [0.25, 0.3) is 0 Å². The smallest absolute Gasteiger partial charge is 0.134 e. The molecule has 0 atom stereocenters. The van der Waals surface area contributed by atoms with Crippen molar-refractivity contribution in [2.45, 2.75) is 19.8 Å². The first-order valence-electron chi connectivity index (χ1n) is 4.28. The van der Waals surface area contributed by atoms with Gasteiger partial charge in [-0.1, -0.05) is 0 Å². The molecular weight excluding hydrogens is 150 g/mol. The molecule has 2 heterocycles. The first-order valence-corrected chi connectivity index (χ1v) is 4.28. The van der Waals surface area contributed by atoms with Gasteiger partial charge in [0.1, 0.15) is 5.82 Å². The predicted molar refractivity (Wildman–Crippen MR) is 47.1 cm³/mol. The normalized spacial score (nSPS) is 17.5. The van der Waals surface area contributed by atoms with E-state index in [0.29, 0.717) is 5.92 Å². The molecule has 3 heteroatoms. The molecule has 2 rings (SSSR count). The molecule has 0 aliphatic carbocycles. The lowest BCUT2D eigenvalue weighted by Crippen LogP contribution is -2.41. The molecule has 0 amide bonds. The highest BCUT2D eigenvalue weighted by atomic mass is 15.0. The van der Waals surface area contributed by atoms with Gasteiger partial charge in [-0.15, -0.1) is 0 Å². The summed E-state index contributed by atoms with van der Waals surface area (Å²) in [6, 6.07) is 2.01. The van der Waals surface area contributed by atoms with Crippen molar-refractivity contribution in [3.8, 4) is 0 Å². The van der Waals surface area contributed by atoms with E-state index in [2.05, 4.69) is 15.3 Å². The number of nitrogens with zero attached hydrogens (tertiary/aromatic N) is 2. The van der Waals surface area contributed by atoms with Crippen LogP contribution < -0.4 is 5.32 Å². The largest absolute Gasteiger partial charge is 0.315 e. The van der Waals surface area contributed by atoms with Crippen molar-refractivity contribution >= 4 is 0 Å². The van der Waals surface area contributed by atoms with Crippen LogP contribution in [0.3, 0.4) is 0 Å². The monoisotopic (exact) mass is 163 g/mol. The molecule has 1 aromatic rings. The number of aryl methyl sites for hydroxylation is 2. The van der Waals surface area contributed by atoms with E-state index >= 15 is 0 Å². The van der Waals surface area contributed by atoms with Crippen molar-refractivity contribution in [3.63, 3.8) is 0 Å². The summed E-state index contributed by atoms with van der Waals surface area (Å²) in [5, 5.41) is 3.22. The highest BCUT2D eigenvalue weighted by Gasteiger charge is 2.21. The van der Waals surface area contributed by atoms with E-state index in [4.69, 9.17) is 0 Å². The summed E-state index contributed by atoms with van der Waals surface area (Å²) in [6.45, 7) is 6.10. The summed E-state index contributed by atoms with van der Waals surface area (Å²) >= 11 is 0. The number of rotatable bonds is 1. The van der Waals surface area contributed by atoms with Gasteiger partial charge in [0.15, 0.2) is 0 Å². The van der Waals surface area contributed by atoms with E-state index in [1.165, 1.54) is 0 Å². The molecule has 0 spiro atoms. The van der Waals surface area contributed by atoms with Gasteiger partial charge in [0.05, 0.1) is 0 Å². The Bertz CT molecular complexity index is 272. The quantitative estimate of drug-likeness (QED) is 0.665. The van der Waals surface area contributed by atoms with Gasteiger partial charge in [-0.2, -0.15) is 0 Å². The van der Waals surface area contributed by atoms with Crippen LogP contribution in [0.4, 0.5) is 0 Å². The molecule has 1 saturated heterocycles. The zero-order chi connectivity index (χ0) is 8.55. The fourth-order valence-electron chi connectivity index (χ4n) is 1.41. The average Bonchev–Trinajstić information content (AvgIpc) is 1.79. The maximum Gasteiger partial charge on any atom is 0.134 e. The van der Waals surface area contributed by atoms with Gasteiger partial charge in [-0.05, 0) is 19.9 Å². The summed E-state index contributed by atoms with van der Waals surface area (Å²) in [4.78, 5) is 8.81. The van der Waals surface area contributed by atoms with Crippen LogP contribution in [-0.4, -0.2) is 23.1 Å². The van der Waals surface area contributed by atoms with E-state index in [1.54, 1.807) is 0 Å². The highest BCUT2D eigenvalue weighted by molar-refractivity contribution is 5.13. The molecule has 64 valence electrons. The predicted octanol–water partition coefficient (Wildman–Crippen LogP) is 0.780. The van der Waals surface area contributed by atoms with Crippen molar-refractivity contribution in [2.75, 3.05) is 13.1 Å². The third-order valence-electron chi connectivity index (χ3n) is 2.15. The van der Waals surface area contributed by atoms with Gasteiger partial charge in [-0.3, -0.25) is 0 Å². The number of aromatic nitrogens is 2. The second-order valence-corrected chi connectivity index (χ2v) is 3.36. The van der Waals surface area contributed by atoms with E-state index in [-0.39, 0.29) is 0 Å². The molecule has 1 aliphatic heterocycles. The fraction of sp³-hybridized carbons (Fsp3) is 0.556. The summed E-state index contributed by atoms with van der Waals surface area (Å²) in [5.41, 5.74) is 2.15. The minimum atomic E-state index is 0.545. The topological polar surface area (TPSA) is 37.8 Å².